The molecule has 2 atom stereocenters. The Balaban J connectivity index is 1.83. The van der Waals surface area contributed by atoms with Crippen molar-refractivity contribution in [3.8, 4) is 0 Å². The lowest BCUT2D eigenvalue weighted by molar-refractivity contribution is 0.535. The normalized spacial score (nSPS) is 20.8. The molecule has 1 nitrogen and oxygen atoms in total. The van der Waals surface area contributed by atoms with Crippen LogP contribution in [-0.2, 0) is 6.42 Å². The zero-order chi connectivity index (χ0) is 11.4. The highest BCUT2D eigenvalue weighted by molar-refractivity contribution is 8.00. The highest BCUT2D eigenvalue weighted by Gasteiger charge is 2.21. The van der Waals surface area contributed by atoms with E-state index in [0.717, 1.165) is 13.0 Å². The molecule has 2 rings (SSSR count). The predicted molar refractivity (Wildman–Crippen MR) is 72.6 cm³/mol. The number of benzene rings is 1. The molecule has 1 aromatic carbocycles. The maximum Gasteiger partial charge on any atom is 0.0377 e. The summed E-state index contributed by atoms with van der Waals surface area (Å²) in [4.78, 5) is 1.45. The maximum atomic E-state index is 5.87. The molecule has 1 aliphatic heterocycles. The average Bonchev–Trinajstić information content (AvgIpc) is 2.73. The number of nitrogens with one attached hydrogen (secondary N) is 1. The molecule has 2 unspecified atom stereocenters. The van der Waals surface area contributed by atoms with Crippen molar-refractivity contribution < 1.29 is 0 Å². The van der Waals surface area contributed by atoms with Crippen molar-refractivity contribution >= 4 is 23.4 Å². The summed E-state index contributed by atoms with van der Waals surface area (Å²) in [7, 11) is 0. The molecule has 0 fully saturated rings. The molecule has 1 aliphatic rings. The molecule has 0 amide bonds. The van der Waals surface area contributed by atoms with E-state index >= 15 is 0 Å². The second-order valence-corrected chi connectivity index (χ2v) is 5.87. The summed E-state index contributed by atoms with van der Waals surface area (Å²) < 4.78 is 0. The van der Waals surface area contributed by atoms with E-state index < -0.39 is 0 Å². The lowest BCUT2D eigenvalue weighted by atomic mass is 10.1. The van der Waals surface area contributed by atoms with E-state index in [1.807, 2.05) is 11.8 Å². The summed E-state index contributed by atoms with van der Waals surface area (Å²) in [5, 5.41) is 4.22. The monoisotopic (exact) mass is 255 g/mol. The van der Waals surface area contributed by atoms with Crippen molar-refractivity contribution in [2.24, 2.45) is 0 Å². The molecule has 16 heavy (non-hydrogen) atoms. The third-order valence-corrected chi connectivity index (χ3v) is 4.72. The molecule has 0 saturated heterocycles. The van der Waals surface area contributed by atoms with Gasteiger partial charge in [-0.05, 0) is 24.5 Å². The first-order valence-electron chi connectivity index (χ1n) is 5.87. The molecule has 0 radical (unpaired) electrons. The highest BCUT2D eigenvalue weighted by atomic mass is 35.5. The smallest absolute Gasteiger partial charge is 0.0377 e. The molecule has 3 heteroatoms. The van der Waals surface area contributed by atoms with Crippen LogP contribution in [0.15, 0.2) is 29.2 Å². The Morgan fingerprint density at radius 2 is 2.31 bits per heavy atom. The highest BCUT2D eigenvalue weighted by Crippen LogP contribution is 2.36. The van der Waals surface area contributed by atoms with Gasteiger partial charge in [0.2, 0.25) is 0 Å². The SMILES string of the molecule is CCC(CCl)NCC1Cc2ccccc2S1. The average molecular weight is 256 g/mol. The van der Waals surface area contributed by atoms with Crippen LogP contribution in [-0.4, -0.2) is 23.7 Å². The van der Waals surface area contributed by atoms with Crippen molar-refractivity contribution in [3.63, 3.8) is 0 Å². The number of halogens is 1. The predicted octanol–water partition coefficient (Wildman–Crippen LogP) is 3.31. The molecule has 88 valence electrons. The number of thioether (sulfide) groups is 1. The Bertz CT molecular complexity index is 313. The van der Waals surface area contributed by atoms with Gasteiger partial charge in [-0.2, -0.15) is 0 Å². The quantitative estimate of drug-likeness (QED) is 0.811. The van der Waals surface area contributed by atoms with Crippen molar-refractivity contribution in [1.29, 1.82) is 0 Å². The second kappa shape index (κ2) is 5.95. The van der Waals surface area contributed by atoms with Crippen LogP contribution < -0.4 is 5.32 Å². The molecule has 0 bridgehead atoms. The van der Waals surface area contributed by atoms with Gasteiger partial charge in [0.25, 0.3) is 0 Å². The number of fused-ring (bicyclic) bond motifs is 1. The Morgan fingerprint density at radius 3 is 3.00 bits per heavy atom. The van der Waals surface area contributed by atoms with Gasteiger partial charge >= 0.3 is 0 Å². The van der Waals surface area contributed by atoms with E-state index in [4.69, 9.17) is 11.6 Å². The number of rotatable bonds is 5. The standard InChI is InChI=1S/C13H18ClNS/c1-2-11(8-14)15-9-12-7-10-5-3-4-6-13(10)16-12/h3-6,11-12,15H,2,7-9H2,1H3. The summed E-state index contributed by atoms with van der Waals surface area (Å²) in [6, 6.07) is 9.17. The second-order valence-electron chi connectivity index (χ2n) is 4.22. The Labute approximate surface area is 107 Å². The lowest BCUT2D eigenvalue weighted by Gasteiger charge is -2.16. The Morgan fingerprint density at radius 1 is 1.50 bits per heavy atom. The van der Waals surface area contributed by atoms with Crippen LogP contribution >= 0.6 is 23.4 Å². The summed E-state index contributed by atoms with van der Waals surface area (Å²) in [6.07, 6.45) is 2.29. The van der Waals surface area contributed by atoms with E-state index in [9.17, 15) is 0 Å². The van der Waals surface area contributed by atoms with E-state index in [-0.39, 0.29) is 0 Å². The first-order valence-corrected chi connectivity index (χ1v) is 7.28. The van der Waals surface area contributed by atoms with Gasteiger partial charge in [-0.1, -0.05) is 25.1 Å². The van der Waals surface area contributed by atoms with Crippen LogP contribution in [0.4, 0.5) is 0 Å². The molecular formula is C13H18ClNS. The fraction of sp³-hybridized carbons (Fsp3) is 0.538. The summed E-state index contributed by atoms with van der Waals surface area (Å²) in [5.74, 6) is 0.709. The molecule has 0 saturated carbocycles. The zero-order valence-electron chi connectivity index (χ0n) is 9.58. The van der Waals surface area contributed by atoms with E-state index in [1.54, 1.807) is 0 Å². The van der Waals surface area contributed by atoms with Crippen LogP contribution in [0, 0.1) is 0 Å². The summed E-state index contributed by atoms with van der Waals surface area (Å²) in [6.45, 7) is 3.24. The van der Waals surface area contributed by atoms with Gasteiger partial charge in [-0.3, -0.25) is 0 Å². The fourth-order valence-electron chi connectivity index (χ4n) is 1.97. The zero-order valence-corrected chi connectivity index (χ0v) is 11.2. The third-order valence-electron chi connectivity index (χ3n) is 3.03. The van der Waals surface area contributed by atoms with Crippen LogP contribution in [0.25, 0.3) is 0 Å². The number of alkyl halides is 1. The van der Waals surface area contributed by atoms with Gasteiger partial charge in [-0.15, -0.1) is 23.4 Å². The van der Waals surface area contributed by atoms with Gasteiger partial charge in [0.1, 0.15) is 0 Å². The fourth-order valence-corrected chi connectivity index (χ4v) is 3.56. The van der Waals surface area contributed by atoms with E-state index in [2.05, 4.69) is 36.5 Å². The topological polar surface area (TPSA) is 12.0 Å². The Kier molecular flexibility index (Phi) is 4.56. The maximum absolute atomic E-state index is 5.87. The van der Waals surface area contributed by atoms with Gasteiger partial charge in [-0.25, -0.2) is 0 Å². The lowest BCUT2D eigenvalue weighted by Crippen LogP contribution is -2.35. The number of hydrogen-bond donors (Lipinski definition) is 1. The van der Waals surface area contributed by atoms with Gasteiger partial charge in [0, 0.05) is 28.6 Å². The van der Waals surface area contributed by atoms with Gasteiger partial charge in [0.15, 0.2) is 0 Å². The molecule has 1 aromatic rings. The van der Waals surface area contributed by atoms with Crippen molar-refractivity contribution in [2.45, 2.75) is 36.0 Å². The molecule has 1 heterocycles. The first-order chi connectivity index (χ1) is 7.83. The molecule has 0 aliphatic carbocycles. The first kappa shape index (κ1) is 12.3. The van der Waals surface area contributed by atoms with Crippen LogP contribution in [0.2, 0.25) is 0 Å². The van der Waals surface area contributed by atoms with Crippen LogP contribution in [0.5, 0.6) is 0 Å². The summed E-state index contributed by atoms with van der Waals surface area (Å²) >= 11 is 7.87. The van der Waals surface area contributed by atoms with Crippen molar-refractivity contribution in [3.05, 3.63) is 29.8 Å². The minimum Gasteiger partial charge on any atom is -0.312 e. The van der Waals surface area contributed by atoms with Crippen molar-refractivity contribution in [2.75, 3.05) is 12.4 Å². The van der Waals surface area contributed by atoms with E-state index in [0.29, 0.717) is 17.2 Å². The molecule has 0 spiro atoms. The number of hydrogen-bond acceptors (Lipinski definition) is 2. The van der Waals surface area contributed by atoms with E-state index in [1.165, 1.54) is 16.9 Å². The Hall–Kier alpha value is -0.180. The third kappa shape index (κ3) is 2.93. The minimum atomic E-state index is 0.464. The molecular weight excluding hydrogens is 238 g/mol. The largest absolute Gasteiger partial charge is 0.312 e. The summed E-state index contributed by atoms with van der Waals surface area (Å²) in [5.41, 5.74) is 1.50. The molecule has 0 aromatic heterocycles. The van der Waals surface area contributed by atoms with Crippen LogP contribution in [0.1, 0.15) is 18.9 Å². The minimum absolute atomic E-state index is 0.464. The van der Waals surface area contributed by atoms with Crippen molar-refractivity contribution in [1.82, 2.24) is 5.32 Å². The van der Waals surface area contributed by atoms with Gasteiger partial charge < -0.3 is 5.32 Å². The molecule has 1 N–H and O–H groups in total. The van der Waals surface area contributed by atoms with Gasteiger partial charge in [0.05, 0.1) is 0 Å². The van der Waals surface area contributed by atoms with Crippen LogP contribution in [0.3, 0.4) is 0 Å².